The summed E-state index contributed by atoms with van der Waals surface area (Å²) >= 11 is 0. The lowest BCUT2D eigenvalue weighted by molar-refractivity contribution is -0.141. The first-order valence-corrected chi connectivity index (χ1v) is 10.2. The molecule has 0 fully saturated rings. The maximum atomic E-state index is 11.8. The normalized spacial score (nSPS) is 15.2. The standard InChI is InChI=1S/C24H25NO4/c26-24(27)18(11-10-16-6-2-1-3-7-16)14-21(25-28)17-12-13-20-19-8-4-5-9-22(19)29-23(20)15-17/h1-3,6-7,12-13,15,18,28H,4-5,8-11,14H2,(H,26,27)/t18-/m1/s1. The number of hydrogen-bond acceptors (Lipinski definition) is 4. The monoisotopic (exact) mass is 391 g/mol. The highest BCUT2D eigenvalue weighted by Gasteiger charge is 2.23. The van der Waals surface area contributed by atoms with E-state index < -0.39 is 11.9 Å². The third kappa shape index (κ3) is 4.19. The van der Waals surface area contributed by atoms with Crippen molar-refractivity contribution in [1.82, 2.24) is 0 Å². The zero-order chi connectivity index (χ0) is 20.2. The van der Waals surface area contributed by atoms with E-state index in [4.69, 9.17) is 4.42 Å². The number of carboxylic acid groups (broad SMARTS) is 1. The minimum atomic E-state index is -0.878. The van der Waals surface area contributed by atoms with Crippen molar-refractivity contribution in [3.63, 3.8) is 0 Å². The quantitative estimate of drug-likeness (QED) is 0.329. The minimum absolute atomic E-state index is 0.171. The summed E-state index contributed by atoms with van der Waals surface area (Å²) < 4.78 is 6.03. The van der Waals surface area contributed by atoms with E-state index in [1.807, 2.05) is 48.5 Å². The molecule has 5 heteroatoms. The fraction of sp³-hybridized carbons (Fsp3) is 0.333. The molecule has 0 spiro atoms. The highest BCUT2D eigenvalue weighted by Crippen LogP contribution is 2.33. The van der Waals surface area contributed by atoms with Gasteiger partial charge in [0.15, 0.2) is 0 Å². The second-order valence-electron chi connectivity index (χ2n) is 7.73. The van der Waals surface area contributed by atoms with Gasteiger partial charge in [0.1, 0.15) is 11.3 Å². The van der Waals surface area contributed by atoms with E-state index in [9.17, 15) is 15.1 Å². The fourth-order valence-electron chi connectivity index (χ4n) is 4.19. The van der Waals surface area contributed by atoms with Crippen LogP contribution in [-0.2, 0) is 24.1 Å². The lowest BCUT2D eigenvalue weighted by Crippen LogP contribution is -2.19. The van der Waals surface area contributed by atoms with Crippen LogP contribution in [0.5, 0.6) is 0 Å². The highest BCUT2D eigenvalue weighted by molar-refractivity contribution is 6.04. The molecule has 0 amide bonds. The second kappa shape index (κ2) is 8.52. The van der Waals surface area contributed by atoms with E-state index in [0.717, 1.165) is 41.6 Å². The SMILES string of the molecule is O=C(O)[C@H](CCc1ccccc1)CC(=NO)c1ccc2c3c(oc2c1)CCCC3. The Balaban J connectivity index is 1.53. The molecule has 1 aromatic heterocycles. The number of carbonyl (C=O) groups is 1. The highest BCUT2D eigenvalue weighted by atomic mass is 16.4. The molecule has 1 aliphatic carbocycles. The molecule has 3 aromatic rings. The van der Waals surface area contributed by atoms with Crippen LogP contribution in [0.4, 0.5) is 0 Å². The maximum absolute atomic E-state index is 11.8. The van der Waals surface area contributed by atoms with Crippen LogP contribution in [0.15, 0.2) is 58.1 Å². The molecule has 0 unspecified atom stereocenters. The summed E-state index contributed by atoms with van der Waals surface area (Å²) in [4.78, 5) is 11.8. The van der Waals surface area contributed by atoms with Crippen LogP contribution in [-0.4, -0.2) is 22.0 Å². The average molecular weight is 391 g/mol. The summed E-state index contributed by atoms with van der Waals surface area (Å²) in [5, 5.41) is 23.8. The van der Waals surface area contributed by atoms with Crippen molar-refractivity contribution in [2.24, 2.45) is 11.1 Å². The third-order valence-corrected chi connectivity index (χ3v) is 5.82. The first kappa shape index (κ1) is 19.2. The molecule has 2 aromatic carbocycles. The average Bonchev–Trinajstić information content (AvgIpc) is 3.12. The molecule has 0 radical (unpaired) electrons. The Kier molecular flexibility index (Phi) is 5.65. The molecular weight excluding hydrogens is 366 g/mol. The van der Waals surface area contributed by atoms with Crippen molar-refractivity contribution in [3.05, 3.63) is 71.0 Å². The molecule has 1 atom stereocenters. The van der Waals surface area contributed by atoms with Gasteiger partial charge in [-0.1, -0.05) is 47.6 Å². The van der Waals surface area contributed by atoms with Crippen molar-refractivity contribution < 1.29 is 19.5 Å². The Morgan fingerprint density at radius 1 is 1.10 bits per heavy atom. The van der Waals surface area contributed by atoms with E-state index in [0.29, 0.717) is 24.1 Å². The number of hydrogen-bond donors (Lipinski definition) is 2. The lowest BCUT2D eigenvalue weighted by Gasteiger charge is -2.13. The van der Waals surface area contributed by atoms with Crippen LogP contribution in [0, 0.1) is 5.92 Å². The molecule has 1 heterocycles. The number of nitrogens with zero attached hydrogens (tertiary/aromatic N) is 1. The van der Waals surface area contributed by atoms with Gasteiger partial charge in [-0.25, -0.2) is 0 Å². The van der Waals surface area contributed by atoms with Gasteiger partial charge in [-0.2, -0.15) is 0 Å². The molecule has 1 aliphatic rings. The molecule has 5 nitrogen and oxygen atoms in total. The number of oxime groups is 1. The second-order valence-corrected chi connectivity index (χ2v) is 7.73. The third-order valence-electron chi connectivity index (χ3n) is 5.82. The van der Waals surface area contributed by atoms with Gasteiger partial charge >= 0.3 is 5.97 Å². The zero-order valence-corrected chi connectivity index (χ0v) is 16.3. The van der Waals surface area contributed by atoms with Crippen molar-refractivity contribution in [1.29, 1.82) is 0 Å². The van der Waals surface area contributed by atoms with Crippen LogP contribution < -0.4 is 0 Å². The smallest absolute Gasteiger partial charge is 0.306 e. The molecule has 29 heavy (non-hydrogen) atoms. The number of aliphatic carboxylic acids is 1. The summed E-state index contributed by atoms with van der Waals surface area (Å²) in [5.74, 6) is -0.449. The van der Waals surface area contributed by atoms with Gasteiger partial charge < -0.3 is 14.7 Å². The summed E-state index contributed by atoms with van der Waals surface area (Å²) in [7, 11) is 0. The molecule has 4 rings (SSSR count). The topological polar surface area (TPSA) is 83.0 Å². The number of aryl methyl sites for hydroxylation is 3. The number of fused-ring (bicyclic) bond motifs is 3. The van der Waals surface area contributed by atoms with Crippen LogP contribution in [0.25, 0.3) is 11.0 Å². The summed E-state index contributed by atoms with van der Waals surface area (Å²) in [6.45, 7) is 0. The summed E-state index contributed by atoms with van der Waals surface area (Å²) in [6, 6.07) is 15.6. The molecule has 0 bridgehead atoms. The molecule has 0 saturated heterocycles. The van der Waals surface area contributed by atoms with Crippen LogP contribution in [0.3, 0.4) is 0 Å². The first-order valence-electron chi connectivity index (χ1n) is 10.2. The van der Waals surface area contributed by atoms with Crippen molar-refractivity contribution in [2.45, 2.75) is 44.9 Å². The van der Waals surface area contributed by atoms with Gasteiger partial charge in [0.25, 0.3) is 0 Å². The van der Waals surface area contributed by atoms with Gasteiger partial charge in [0.2, 0.25) is 0 Å². The van der Waals surface area contributed by atoms with Crippen LogP contribution in [0.1, 0.15) is 48.1 Å². The van der Waals surface area contributed by atoms with E-state index in [-0.39, 0.29) is 6.42 Å². The fourth-order valence-corrected chi connectivity index (χ4v) is 4.19. The summed E-state index contributed by atoms with van der Waals surface area (Å²) in [6.07, 6.45) is 5.63. The number of benzene rings is 2. The molecule has 150 valence electrons. The van der Waals surface area contributed by atoms with Crippen LogP contribution in [0.2, 0.25) is 0 Å². The van der Waals surface area contributed by atoms with Gasteiger partial charge in [-0.3, -0.25) is 4.79 Å². The molecule has 0 saturated carbocycles. The van der Waals surface area contributed by atoms with Gasteiger partial charge in [0.05, 0.1) is 11.6 Å². The first-order chi connectivity index (χ1) is 14.2. The Morgan fingerprint density at radius 2 is 1.90 bits per heavy atom. The van der Waals surface area contributed by atoms with E-state index in [1.54, 1.807) is 0 Å². The van der Waals surface area contributed by atoms with Gasteiger partial charge in [-0.05, 0) is 43.7 Å². The Hall–Kier alpha value is -3.08. The van der Waals surface area contributed by atoms with E-state index in [2.05, 4.69) is 5.16 Å². The number of furan rings is 1. The predicted octanol–water partition coefficient (Wildman–Crippen LogP) is 5.21. The zero-order valence-electron chi connectivity index (χ0n) is 16.3. The van der Waals surface area contributed by atoms with Crippen molar-refractivity contribution in [3.8, 4) is 0 Å². The Bertz CT molecular complexity index is 1040. The maximum Gasteiger partial charge on any atom is 0.306 e. The van der Waals surface area contributed by atoms with Gasteiger partial charge in [0, 0.05) is 29.4 Å². The summed E-state index contributed by atoms with van der Waals surface area (Å²) in [5.41, 5.74) is 4.25. The van der Waals surface area contributed by atoms with Crippen molar-refractivity contribution >= 4 is 22.7 Å². The van der Waals surface area contributed by atoms with E-state index >= 15 is 0 Å². The molecule has 2 N–H and O–H groups in total. The Morgan fingerprint density at radius 3 is 2.66 bits per heavy atom. The van der Waals surface area contributed by atoms with E-state index in [1.165, 1.54) is 12.0 Å². The Labute approximate surface area is 169 Å². The van der Waals surface area contributed by atoms with Gasteiger partial charge in [-0.15, -0.1) is 0 Å². The largest absolute Gasteiger partial charge is 0.481 e. The molecule has 0 aliphatic heterocycles. The number of rotatable bonds is 7. The number of carboxylic acids is 1. The molecular formula is C24H25NO4. The predicted molar refractivity (Wildman–Crippen MR) is 112 cm³/mol. The van der Waals surface area contributed by atoms with Crippen molar-refractivity contribution in [2.75, 3.05) is 0 Å². The van der Waals surface area contributed by atoms with Crippen LogP contribution >= 0.6 is 0 Å². The lowest BCUT2D eigenvalue weighted by atomic mass is 9.91. The minimum Gasteiger partial charge on any atom is -0.481 e.